The highest BCUT2D eigenvalue weighted by Gasteiger charge is 2.20. The van der Waals surface area contributed by atoms with Crippen LogP contribution in [0.15, 0.2) is 66.9 Å². The topological polar surface area (TPSA) is 54.5 Å². The second-order valence-corrected chi connectivity index (χ2v) is 7.22. The highest BCUT2D eigenvalue weighted by Crippen LogP contribution is 2.22. The summed E-state index contributed by atoms with van der Waals surface area (Å²) in [6.45, 7) is 2.71. The number of benzene rings is 2. The van der Waals surface area contributed by atoms with Gasteiger partial charge in [-0.15, -0.1) is 0 Å². The third kappa shape index (κ3) is 4.60. The maximum absolute atomic E-state index is 12.2. The highest BCUT2D eigenvalue weighted by atomic mass is 16.5. The summed E-state index contributed by atoms with van der Waals surface area (Å²) in [5.41, 5.74) is 0. The van der Waals surface area contributed by atoms with Gasteiger partial charge in [-0.25, -0.2) is 4.98 Å². The van der Waals surface area contributed by atoms with Gasteiger partial charge in [0.15, 0.2) is 6.61 Å². The molecule has 0 aliphatic carbocycles. The Labute approximate surface area is 165 Å². The zero-order valence-corrected chi connectivity index (χ0v) is 15.9. The average molecular weight is 375 g/mol. The first-order chi connectivity index (χ1) is 13.8. The largest absolute Gasteiger partial charge is 0.484 e. The summed E-state index contributed by atoms with van der Waals surface area (Å²) in [6, 6.07) is 20.0. The molecule has 1 saturated heterocycles. The molecule has 0 bridgehead atoms. The summed E-state index contributed by atoms with van der Waals surface area (Å²) in [7, 11) is 0. The number of nitrogens with zero attached hydrogens (tertiary/aromatic N) is 2. The molecule has 0 spiro atoms. The molecule has 1 amide bonds. The molecule has 1 aliphatic heterocycles. The fourth-order valence-electron chi connectivity index (χ4n) is 3.62. The Kier molecular flexibility index (Phi) is 5.71. The van der Waals surface area contributed by atoms with Gasteiger partial charge in [0.1, 0.15) is 11.6 Å². The molecule has 3 aromatic rings. The molecule has 2 heterocycles. The van der Waals surface area contributed by atoms with Crippen molar-refractivity contribution >= 4 is 22.5 Å². The molecular formula is C23H25N3O2. The van der Waals surface area contributed by atoms with Crippen LogP contribution in [0.25, 0.3) is 10.8 Å². The Bertz CT molecular complexity index is 921. The molecule has 0 unspecified atom stereocenters. The van der Waals surface area contributed by atoms with E-state index in [2.05, 4.69) is 21.3 Å². The summed E-state index contributed by atoms with van der Waals surface area (Å²) in [4.78, 5) is 18.9. The number of ether oxygens (including phenoxy) is 1. The number of carbonyl (C=O) groups is 1. The molecule has 1 N–H and O–H groups in total. The number of nitrogens with one attached hydrogen (secondary N) is 1. The van der Waals surface area contributed by atoms with Gasteiger partial charge in [-0.2, -0.15) is 0 Å². The monoisotopic (exact) mass is 375 g/mol. The van der Waals surface area contributed by atoms with Gasteiger partial charge in [-0.3, -0.25) is 4.79 Å². The molecular weight excluding hydrogens is 350 g/mol. The Hall–Kier alpha value is -3.08. The van der Waals surface area contributed by atoms with E-state index in [1.165, 1.54) is 0 Å². The van der Waals surface area contributed by atoms with Gasteiger partial charge in [0.05, 0.1) is 0 Å². The minimum atomic E-state index is -0.0692. The van der Waals surface area contributed by atoms with Crippen molar-refractivity contribution in [2.24, 2.45) is 5.92 Å². The molecule has 28 heavy (non-hydrogen) atoms. The number of rotatable bonds is 6. The number of amides is 1. The molecule has 5 nitrogen and oxygen atoms in total. The lowest BCUT2D eigenvalue weighted by Crippen LogP contribution is -2.40. The third-order valence-electron chi connectivity index (χ3n) is 5.27. The van der Waals surface area contributed by atoms with Crippen LogP contribution in [0, 0.1) is 5.92 Å². The molecule has 1 aromatic heterocycles. The normalized spacial score (nSPS) is 14.8. The van der Waals surface area contributed by atoms with E-state index in [1.807, 2.05) is 60.8 Å². The lowest BCUT2D eigenvalue weighted by Gasteiger charge is -2.32. The Morgan fingerprint density at radius 3 is 2.61 bits per heavy atom. The second-order valence-electron chi connectivity index (χ2n) is 7.22. The molecule has 1 aliphatic rings. The Morgan fingerprint density at radius 1 is 1.04 bits per heavy atom. The van der Waals surface area contributed by atoms with Crippen molar-refractivity contribution in [3.63, 3.8) is 0 Å². The van der Waals surface area contributed by atoms with Crippen molar-refractivity contribution in [3.8, 4) is 5.75 Å². The molecule has 0 saturated carbocycles. The predicted molar refractivity (Wildman–Crippen MR) is 112 cm³/mol. The van der Waals surface area contributed by atoms with Crippen LogP contribution in [0.2, 0.25) is 0 Å². The number of aromatic nitrogens is 1. The van der Waals surface area contributed by atoms with Crippen molar-refractivity contribution in [1.82, 2.24) is 10.3 Å². The number of hydrogen-bond donors (Lipinski definition) is 1. The van der Waals surface area contributed by atoms with E-state index in [0.717, 1.165) is 48.3 Å². The van der Waals surface area contributed by atoms with Crippen LogP contribution in [-0.2, 0) is 4.79 Å². The van der Waals surface area contributed by atoms with E-state index in [0.29, 0.717) is 12.5 Å². The maximum atomic E-state index is 12.2. The predicted octanol–water partition coefficient (Wildman–Crippen LogP) is 3.65. The first-order valence-corrected chi connectivity index (χ1v) is 9.82. The number of anilines is 1. The van der Waals surface area contributed by atoms with Crippen molar-refractivity contribution in [3.05, 3.63) is 66.9 Å². The van der Waals surface area contributed by atoms with E-state index >= 15 is 0 Å². The minimum absolute atomic E-state index is 0.0467. The first kappa shape index (κ1) is 18.3. The zero-order chi connectivity index (χ0) is 19.2. The molecule has 4 rings (SSSR count). The van der Waals surface area contributed by atoms with Gasteiger partial charge in [-0.05, 0) is 53.8 Å². The van der Waals surface area contributed by atoms with Gasteiger partial charge in [0.2, 0.25) is 0 Å². The summed E-state index contributed by atoms with van der Waals surface area (Å²) < 4.78 is 5.66. The number of fused-ring (bicyclic) bond motifs is 1. The second kappa shape index (κ2) is 8.74. The van der Waals surface area contributed by atoms with Gasteiger partial charge < -0.3 is 15.0 Å². The molecule has 5 heteroatoms. The van der Waals surface area contributed by atoms with E-state index in [4.69, 9.17) is 4.74 Å². The summed E-state index contributed by atoms with van der Waals surface area (Å²) in [5.74, 6) is 2.19. The van der Waals surface area contributed by atoms with Gasteiger partial charge in [-0.1, -0.05) is 36.4 Å². The number of piperidine rings is 1. The lowest BCUT2D eigenvalue weighted by molar-refractivity contribution is -0.123. The van der Waals surface area contributed by atoms with Gasteiger partial charge >= 0.3 is 0 Å². The zero-order valence-electron chi connectivity index (χ0n) is 15.9. The minimum Gasteiger partial charge on any atom is -0.484 e. The fraction of sp³-hybridized carbons (Fsp3) is 0.304. The fourth-order valence-corrected chi connectivity index (χ4v) is 3.62. The number of carbonyl (C=O) groups excluding carboxylic acids is 1. The van der Waals surface area contributed by atoms with Crippen molar-refractivity contribution in [1.29, 1.82) is 0 Å². The molecule has 144 valence electrons. The number of pyridine rings is 1. The average Bonchev–Trinajstić information content (AvgIpc) is 2.77. The number of hydrogen-bond acceptors (Lipinski definition) is 4. The van der Waals surface area contributed by atoms with Crippen molar-refractivity contribution < 1.29 is 9.53 Å². The van der Waals surface area contributed by atoms with Crippen molar-refractivity contribution in [2.75, 3.05) is 31.1 Å². The molecule has 0 radical (unpaired) electrons. The Balaban J connectivity index is 1.19. The summed E-state index contributed by atoms with van der Waals surface area (Å²) >= 11 is 0. The lowest BCUT2D eigenvalue weighted by atomic mass is 9.97. The first-order valence-electron chi connectivity index (χ1n) is 9.82. The van der Waals surface area contributed by atoms with Crippen LogP contribution in [0.1, 0.15) is 12.8 Å². The van der Waals surface area contributed by atoms with Gasteiger partial charge in [0.25, 0.3) is 5.91 Å². The Morgan fingerprint density at radius 2 is 1.82 bits per heavy atom. The van der Waals surface area contributed by atoms with Crippen LogP contribution < -0.4 is 15.0 Å². The van der Waals surface area contributed by atoms with Crippen LogP contribution in [-0.4, -0.2) is 37.1 Å². The highest BCUT2D eigenvalue weighted by molar-refractivity contribution is 5.84. The van der Waals surface area contributed by atoms with Gasteiger partial charge in [0, 0.05) is 25.8 Å². The molecule has 1 fully saturated rings. The summed E-state index contributed by atoms with van der Waals surface area (Å²) in [6.07, 6.45) is 3.95. The maximum Gasteiger partial charge on any atom is 0.257 e. The van der Waals surface area contributed by atoms with Crippen molar-refractivity contribution in [2.45, 2.75) is 12.8 Å². The van der Waals surface area contributed by atoms with E-state index in [1.54, 1.807) is 0 Å². The van der Waals surface area contributed by atoms with E-state index in [9.17, 15) is 4.79 Å². The van der Waals surface area contributed by atoms with Crippen LogP contribution in [0.3, 0.4) is 0 Å². The van der Waals surface area contributed by atoms with E-state index in [-0.39, 0.29) is 12.5 Å². The summed E-state index contributed by atoms with van der Waals surface area (Å²) in [5, 5.41) is 5.29. The van der Waals surface area contributed by atoms with E-state index < -0.39 is 0 Å². The van der Waals surface area contributed by atoms with Crippen LogP contribution >= 0.6 is 0 Å². The molecule has 0 atom stereocenters. The molecule has 2 aromatic carbocycles. The van der Waals surface area contributed by atoms with Crippen LogP contribution in [0.5, 0.6) is 5.75 Å². The third-order valence-corrected chi connectivity index (χ3v) is 5.27. The quantitative estimate of drug-likeness (QED) is 0.715. The standard InChI is InChI=1S/C23H25N3O2/c27-23(17-28-21-9-8-19-5-1-2-6-20(19)15-21)25-16-18-10-13-26(14-11-18)22-7-3-4-12-24-22/h1-9,12,15,18H,10-11,13-14,16-17H2,(H,25,27). The van der Waals surface area contributed by atoms with Crippen LogP contribution in [0.4, 0.5) is 5.82 Å². The smallest absolute Gasteiger partial charge is 0.257 e. The SMILES string of the molecule is O=C(COc1ccc2ccccc2c1)NCC1CCN(c2ccccn2)CC1.